The lowest BCUT2D eigenvalue weighted by atomic mass is 9.95. The number of amides is 1. The number of ether oxygens (including phenoxy) is 1. The second-order valence-corrected chi connectivity index (χ2v) is 10.2. The standard InChI is InChI=1S/C29H31N3O2S/c1-2-3-10-23(28-32-26-15-8-9-16-27(26)35-28)25(30)17-31-29(33)34-18-24-21-13-6-4-11-19(21)20-12-5-7-14-22(20)24/h4-9,11-16,23-25H,2-3,10,17-18,30H2,1H3,(H,31,33)/t23?,25-/m0/s1. The van der Waals surface area contributed by atoms with Crippen molar-refractivity contribution in [1.82, 2.24) is 10.3 Å². The molecule has 0 radical (unpaired) electrons. The summed E-state index contributed by atoms with van der Waals surface area (Å²) in [6.07, 6.45) is 2.68. The number of carbonyl (C=O) groups is 1. The minimum absolute atomic E-state index is 0.0434. The highest BCUT2D eigenvalue weighted by atomic mass is 32.1. The number of nitrogens with one attached hydrogen (secondary N) is 1. The number of fused-ring (bicyclic) bond motifs is 4. The van der Waals surface area contributed by atoms with Crippen molar-refractivity contribution < 1.29 is 9.53 Å². The summed E-state index contributed by atoms with van der Waals surface area (Å²) in [5, 5.41) is 3.95. The number of aromatic nitrogens is 1. The molecule has 0 fully saturated rings. The van der Waals surface area contributed by atoms with Crippen LogP contribution in [-0.4, -0.2) is 30.3 Å². The number of carbonyl (C=O) groups excluding carboxylic acids is 1. The van der Waals surface area contributed by atoms with E-state index < -0.39 is 6.09 Å². The highest BCUT2D eigenvalue weighted by molar-refractivity contribution is 7.18. The zero-order valence-corrected chi connectivity index (χ0v) is 20.8. The third-order valence-corrected chi connectivity index (χ3v) is 8.01. The molecule has 4 aromatic rings. The van der Waals surface area contributed by atoms with Crippen LogP contribution in [0.2, 0.25) is 0 Å². The predicted octanol–water partition coefficient (Wildman–Crippen LogP) is 6.44. The molecule has 1 aromatic heterocycles. The average molecular weight is 486 g/mol. The molecule has 0 saturated carbocycles. The molecule has 1 amide bonds. The van der Waals surface area contributed by atoms with Crippen LogP contribution in [0.5, 0.6) is 0 Å². The zero-order valence-electron chi connectivity index (χ0n) is 19.9. The fraction of sp³-hybridized carbons (Fsp3) is 0.310. The third kappa shape index (κ3) is 4.95. The number of para-hydroxylation sites is 1. The molecule has 0 aliphatic heterocycles. The van der Waals surface area contributed by atoms with Gasteiger partial charge in [0.05, 0.1) is 15.2 Å². The SMILES string of the molecule is CCCCC(c1nc2ccccc2s1)[C@@H](N)CNC(=O)OCC1c2ccccc2-c2ccccc21. The summed E-state index contributed by atoms with van der Waals surface area (Å²) in [5.74, 6) is 0.142. The summed E-state index contributed by atoms with van der Waals surface area (Å²) in [7, 11) is 0. The van der Waals surface area contributed by atoms with Crippen LogP contribution in [0.4, 0.5) is 4.79 Å². The van der Waals surface area contributed by atoms with Crippen LogP contribution in [0.15, 0.2) is 72.8 Å². The second-order valence-electron chi connectivity index (χ2n) is 9.14. The molecule has 6 heteroatoms. The molecule has 1 aliphatic carbocycles. The lowest BCUT2D eigenvalue weighted by molar-refractivity contribution is 0.142. The van der Waals surface area contributed by atoms with Crippen molar-refractivity contribution in [2.24, 2.45) is 5.73 Å². The number of nitrogens with two attached hydrogens (primary N) is 1. The van der Waals surface area contributed by atoms with Crippen LogP contribution >= 0.6 is 11.3 Å². The molecule has 1 heterocycles. The number of benzene rings is 3. The van der Waals surface area contributed by atoms with Gasteiger partial charge >= 0.3 is 6.09 Å². The van der Waals surface area contributed by atoms with Crippen LogP contribution in [0.1, 0.15) is 54.2 Å². The predicted molar refractivity (Wildman–Crippen MR) is 143 cm³/mol. The Morgan fingerprint density at radius 1 is 1.03 bits per heavy atom. The van der Waals surface area contributed by atoms with Gasteiger partial charge in [-0.3, -0.25) is 0 Å². The Bertz CT molecular complexity index is 1240. The number of unbranched alkanes of at least 4 members (excludes halogenated alkanes) is 1. The van der Waals surface area contributed by atoms with E-state index in [2.05, 4.69) is 42.6 Å². The topological polar surface area (TPSA) is 77.2 Å². The molecule has 5 rings (SSSR count). The lowest BCUT2D eigenvalue weighted by Crippen LogP contribution is -2.41. The van der Waals surface area contributed by atoms with Gasteiger partial charge in [-0.25, -0.2) is 9.78 Å². The molecule has 35 heavy (non-hydrogen) atoms. The number of rotatable bonds is 9. The van der Waals surface area contributed by atoms with Gasteiger partial charge in [0.2, 0.25) is 0 Å². The van der Waals surface area contributed by atoms with E-state index in [4.69, 9.17) is 15.5 Å². The smallest absolute Gasteiger partial charge is 0.407 e. The van der Waals surface area contributed by atoms with Crippen LogP contribution in [0.25, 0.3) is 21.3 Å². The fourth-order valence-corrected chi connectivity index (χ4v) is 6.16. The fourth-order valence-electron chi connectivity index (χ4n) is 4.99. The number of alkyl carbamates (subject to hydrolysis) is 1. The molecule has 180 valence electrons. The molecule has 3 N–H and O–H groups in total. The van der Waals surface area contributed by atoms with Crippen LogP contribution in [-0.2, 0) is 4.74 Å². The summed E-state index contributed by atoms with van der Waals surface area (Å²) < 4.78 is 6.85. The first-order valence-corrected chi connectivity index (χ1v) is 13.2. The minimum Gasteiger partial charge on any atom is -0.449 e. The maximum absolute atomic E-state index is 12.6. The van der Waals surface area contributed by atoms with Crippen LogP contribution < -0.4 is 11.1 Å². The first-order chi connectivity index (χ1) is 17.2. The van der Waals surface area contributed by atoms with Gasteiger partial charge < -0.3 is 15.8 Å². The summed E-state index contributed by atoms with van der Waals surface area (Å²) in [6, 6.07) is 24.6. The highest BCUT2D eigenvalue weighted by Gasteiger charge is 2.29. The summed E-state index contributed by atoms with van der Waals surface area (Å²) >= 11 is 1.70. The first kappa shape index (κ1) is 23.5. The quantitative estimate of drug-likeness (QED) is 0.286. The Morgan fingerprint density at radius 2 is 1.69 bits per heavy atom. The molecule has 2 atom stereocenters. The van der Waals surface area contributed by atoms with E-state index in [0.717, 1.165) is 29.8 Å². The third-order valence-electron chi connectivity index (χ3n) is 6.84. The van der Waals surface area contributed by atoms with Gasteiger partial charge in [0, 0.05) is 24.4 Å². The van der Waals surface area contributed by atoms with Crippen molar-refractivity contribution in [3.63, 3.8) is 0 Å². The van der Waals surface area contributed by atoms with Crippen LogP contribution in [0.3, 0.4) is 0 Å². The van der Waals surface area contributed by atoms with E-state index in [1.165, 1.54) is 27.0 Å². The molecule has 1 unspecified atom stereocenters. The number of hydrogen-bond donors (Lipinski definition) is 2. The Kier molecular flexibility index (Phi) is 7.11. The van der Waals surface area contributed by atoms with E-state index in [1.54, 1.807) is 11.3 Å². The van der Waals surface area contributed by atoms with Crippen molar-refractivity contribution in [2.75, 3.05) is 13.2 Å². The average Bonchev–Trinajstić information content (AvgIpc) is 3.46. The molecular weight excluding hydrogens is 454 g/mol. The Balaban J connectivity index is 1.21. The van der Waals surface area contributed by atoms with Gasteiger partial charge in [0.25, 0.3) is 0 Å². The van der Waals surface area contributed by atoms with E-state index >= 15 is 0 Å². The monoisotopic (exact) mass is 485 g/mol. The van der Waals surface area contributed by atoms with Gasteiger partial charge in [0.15, 0.2) is 0 Å². The van der Waals surface area contributed by atoms with Crippen molar-refractivity contribution in [3.8, 4) is 11.1 Å². The maximum Gasteiger partial charge on any atom is 0.407 e. The molecule has 3 aromatic carbocycles. The molecule has 0 bridgehead atoms. The molecule has 0 saturated heterocycles. The van der Waals surface area contributed by atoms with Gasteiger partial charge in [-0.1, -0.05) is 80.4 Å². The second kappa shape index (κ2) is 10.6. The lowest BCUT2D eigenvalue weighted by Gasteiger charge is -2.22. The summed E-state index contributed by atoms with van der Waals surface area (Å²) in [4.78, 5) is 17.5. The van der Waals surface area contributed by atoms with Crippen molar-refractivity contribution >= 4 is 27.6 Å². The Hall–Kier alpha value is -3.22. The van der Waals surface area contributed by atoms with Crippen LogP contribution in [0, 0.1) is 0 Å². The first-order valence-electron chi connectivity index (χ1n) is 12.4. The maximum atomic E-state index is 12.6. The summed E-state index contributed by atoms with van der Waals surface area (Å²) in [5.41, 5.74) is 12.4. The number of hydrogen-bond acceptors (Lipinski definition) is 5. The van der Waals surface area contributed by atoms with Crippen molar-refractivity contribution in [3.05, 3.63) is 88.9 Å². The minimum atomic E-state index is -0.430. The summed E-state index contributed by atoms with van der Waals surface area (Å²) in [6.45, 7) is 2.82. The van der Waals surface area contributed by atoms with E-state index in [9.17, 15) is 4.79 Å². The Morgan fingerprint density at radius 3 is 2.37 bits per heavy atom. The van der Waals surface area contributed by atoms with E-state index in [0.29, 0.717) is 13.2 Å². The molecule has 0 spiro atoms. The van der Waals surface area contributed by atoms with Gasteiger partial charge in [-0.2, -0.15) is 0 Å². The zero-order chi connectivity index (χ0) is 24.2. The largest absolute Gasteiger partial charge is 0.449 e. The van der Waals surface area contributed by atoms with Gasteiger partial charge in [-0.15, -0.1) is 11.3 Å². The van der Waals surface area contributed by atoms with Gasteiger partial charge in [0.1, 0.15) is 6.61 Å². The number of thiazole rings is 1. The van der Waals surface area contributed by atoms with Crippen molar-refractivity contribution in [1.29, 1.82) is 0 Å². The molecule has 5 nitrogen and oxygen atoms in total. The molecule has 1 aliphatic rings. The van der Waals surface area contributed by atoms with E-state index in [-0.39, 0.29) is 17.9 Å². The normalized spacial score (nSPS) is 14.3. The van der Waals surface area contributed by atoms with Gasteiger partial charge in [-0.05, 0) is 40.8 Å². The highest BCUT2D eigenvalue weighted by Crippen LogP contribution is 2.44. The molecular formula is C29H31N3O2S. The van der Waals surface area contributed by atoms with Crippen molar-refractivity contribution in [2.45, 2.75) is 44.1 Å². The van der Waals surface area contributed by atoms with E-state index in [1.807, 2.05) is 42.5 Å². The number of nitrogens with zero attached hydrogens (tertiary/aromatic N) is 1. The Labute approximate surface area is 210 Å².